The molecule has 1 saturated heterocycles. The highest BCUT2D eigenvalue weighted by atomic mass is 15.1. The van der Waals surface area contributed by atoms with Gasteiger partial charge in [0, 0.05) is 29.9 Å². The highest BCUT2D eigenvalue weighted by Gasteiger charge is 2.12. The number of rotatable bonds is 3. The molecule has 2 aromatic rings. The van der Waals surface area contributed by atoms with E-state index in [-0.39, 0.29) is 0 Å². The van der Waals surface area contributed by atoms with Crippen LogP contribution >= 0.6 is 0 Å². The van der Waals surface area contributed by atoms with E-state index >= 15 is 0 Å². The SMILES string of the molecule is CCc1cc(CC)c2ccc(N3CCCCC3)cc2n1. The summed E-state index contributed by atoms with van der Waals surface area (Å²) in [5.41, 5.74) is 5.16. The molecule has 0 saturated carbocycles. The highest BCUT2D eigenvalue weighted by Crippen LogP contribution is 2.26. The summed E-state index contributed by atoms with van der Waals surface area (Å²) in [7, 11) is 0. The molecular weight excluding hydrogens is 244 g/mol. The fourth-order valence-electron chi connectivity index (χ4n) is 3.17. The lowest BCUT2D eigenvalue weighted by Gasteiger charge is -2.29. The van der Waals surface area contributed by atoms with Gasteiger partial charge in [-0.15, -0.1) is 0 Å². The van der Waals surface area contributed by atoms with Crippen molar-refractivity contribution in [2.24, 2.45) is 0 Å². The Morgan fingerprint density at radius 3 is 2.50 bits per heavy atom. The zero-order valence-electron chi connectivity index (χ0n) is 12.7. The second-order valence-electron chi connectivity index (χ2n) is 5.73. The average Bonchev–Trinajstić information content (AvgIpc) is 2.54. The first-order valence-corrected chi connectivity index (χ1v) is 7.99. The van der Waals surface area contributed by atoms with E-state index in [0.717, 1.165) is 12.8 Å². The number of hydrogen-bond donors (Lipinski definition) is 0. The van der Waals surface area contributed by atoms with E-state index in [0.29, 0.717) is 0 Å². The van der Waals surface area contributed by atoms with Gasteiger partial charge in [-0.2, -0.15) is 0 Å². The summed E-state index contributed by atoms with van der Waals surface area (Å²) >= 11 is 0. The van der Waals surface area contributed by atoms with E-state index in [4.69, 9.17) is 4.98 Å². The predicted octanol–water partition coefficient (Wildman–Crippen LogP) is 4.35. The van der Waals surface area contributed by atoms with Gasteiger partial charge in [0.15, 0.2) is 0 Å². The third-order valence-corrected chi connectivity index (χ3v) is 4.40. The number of aryl methyl sites for hydroxylation is 2. The Balaban J connectivity index is 2.04. The minimum Gasteiger partial charge on any atom is -0.371 e. The van der Waals surface area contributed by atoms with E-state index in [1.165, 1.54) is 60.2 Å². The molecule has 0 unspecified atom stereocenters. The van der Waals surface area contributed by atoms with E-state index in [9.17, 15) is 0 Å². The van der Waals surface area contributed by atoms with Crippen LogP contribution in [0.3, 0.4) is 0 Å². The van der Waals surface area contributed by atoms with Crippen molar-refractivity contribution in [1.82, 2.24) is 4.98 Å². The van der Waals surface area contributed by atoms with Crippen LogP contribution in [0.2, 0.25) is 0 Å². The van der Waals surface area contributed by atoms with Crippen molar-refractivity contribution in [2.45, 2.75) is 46.0 Å². The zero-order valence-corrected chi connectivity index (χ0v) is 12.7. The molecule has 2 heterocycles. The van der Waals surface area contributed by atoms with Gasteiger partial charge in [0.2, 0.25) is 0 Å². The monoisotopic (exact) mass is 268 g/mol. The minimum absolute atomic E-state index is 1.01. The van der Waals surface area contributed by atoms with Crippen molar-refractivity contribution >= 4 is 16.6 Å². The summed E-state index contributed by atoms with van der Waals surface area (Å²) in [5.74, 6) is 0. The lowest BCUT2D eigenvalue weighted by Crippen LogP contribution is -2.29. The molecule has 0 aliphatic carbocycles. The number of benzene rings is 1. The molecule has 1 aromatic carbocycles. The summed E-state index contributed by atoms with van der Waals surface area (Å²) in [6.07, 6.45) is 6.11. The zero-order chi connectivity index (χ0) is 13.9. The van der Waals surface area contributed by atoms with Crippen molar-refractivity contribution in [3.8, 4) is 0 Å². The Kier molecular flexibility index (Phi) is 3.90. The molecule has 1 fully saturated rings. The lowest BCUT2D eigenvalue weighted by molar-refractivity contribution is 0.578. The molecular formula is C18H24N2. The molecule has 0 N–H and O–H groups in total. The van der Waals surface area contributed by atoms with E-state index in [1.54, 1.807) is 0 Å². The third kappa shape index (κ3) is 2.52. The number of piperidine rings is 1. The van der Waals surface area contributed by atoms with Crippen LogP contribution in [0, 0.1) is 0 Å². The Hall–Kier alpha value is -1.57. The fraction of sp³-hybridized carbons (Fsp3) is 0.500. The van der Waals surface area contributed by atoms with E-state index in [2.05, 4.69) is 43.0 Å². The Morgan fingerprint density at radius 1 is 1.00 bits per heavy atom. The molecule has 1 aliphatic heterocycles. The fourth-order valence-corrected chi connectivity index (χ4v) is 3.17. The summed E-state index contributed by atoms with van der Waals surface area (Å²) in [6, 6.07) is 9.10. The number of pyridine rings is 1. The summed E-state index contributed by atoms with van der Waals surface area (Å²) in [4.78, 5) is 7.34. The van der Waals surface area contributed by atoms with Gasteiger partial charge in [0.25, 0.3) is 0 Å². The van der Waals surface area contributed by atoms with E-state index < -0.39 is 0 Å². The topological polar surface area (TPSA) is 16.1 Å². The number of anilines is 1. The van der Waals surface area contributed by atoms with Gasteiger partial charge < -0.3 is 4.90 Å². The van der Waals surface area contributed by atoms with Crippen LogP contribution in [0.5, 0.6) is 0 Å². The molecule has 106 valence electrons. The summed E-state index contributed by atoms with van der Waals surface area (Å²) < 4.78 is 0. The highest BCUT2D eigenvalue weighted by molar-refractivity contribution is 5.85. The molecule has 0 bridgehead atoms. The first kappa shape index (κ1) is 13.4. The van der Waals surface area contributed by atoms with Crippen molar-refractivity contribution in [1.29, 1.82) is 0 Å². The molecule has 2 heteroatoms. The Bertz CT molecular complexity index is 598. The maximum absolute atomic E-state index is 4.83. The van der Waals surface area contributed by atoms with Crippen molar-refractivity contribution < 1.29 is 0 Å². The summed E-state index contributed by atoms with van der Waals surface area (Å²) in [5, 5.41) is 1.32. The molecule has 0 amide bonds. The standard InChI is InChI=1S/C18H24N2/c1-3-14-12-15(4-2)19-18-13-16(8-9-17(14)18)20-10-6-5-7-11-20/h8-9,12-13H,3-7,10-11H2,1-2H3. The number of aromatic nitrogens is 1. The largest absolute Gasteiger partial charge is 0.371 e. The third-order valence-electron chi connectivity index (χ3n) is 4.40. The molecule has 0 radical (unpaired) electrons. The van der Waals surface area contributed by atoms with Crippen LogP contribution in [-0.4, -0.2) is 18.1 Å². The van der Waals surface area contributed by atoms with Gasteiger partial charge in [-0.05, 0) is 55.9 Å². The number of hydrogen-bond acceptors (Lipinski definition) is 2. The average molecular weight is 268 g/mol. The van der Waals surface area contributed by atoms with Crippen molar-refractivity contribution in [3.63, 3.8) is 0 Å². The Labute approximate surface area is 121 Å². The van der Waals surface area contributed by atoms with Crippen LogP contribution in [0.15, 0.2) is 24.3 Å². The van der Waals surface area contributed by atoms with Crippen molar-refractivity contribution in [2.75, 3.05) is 18.0 Å². The number of nitrogens with zero attached hydrogens (tertiary/aromatic N) is 2. The normalized spacial score (nSPS) is 15.8. The lowest BCUT2D eigenvalue weighted by atomic mass is 10.0. The molecule has 0 spiro atoms. The minimum atomic E-state index is 1.01. The second-order valence-corrected chi connectivity index (χ2v) is 5.73. The van der Waals surface area contributed by atoms with E-state index in [1.807, 2.05) is 0 Å². The van der Waals surface area contributed by atoms with Crippen LogP contribution in [0.25, 0.3) is 10.9 Å². The van der Waals surface area contributed by atoms with Crippen LogP contribution in [-0.2, 0) is 12.8 Å². The molecule has 1 aliphatic rings. The van der Waals surface area contributed by atoms with Gasteiger partial charge in [-0.3, -0.25) is 4.98 Å². The molecule has 3 rings (SSSR count). The Morgan fingerprint density at radius 2 is 1.80 bits per heavy atom. The predicted molar refractivity (Wildman–Crippen MR) is 86.6 cm³/mol. The molecule has 2 nitrogen and oxygen atoms in total. The molecule has 20 heavy (non-hydrogen) atoms. The van der Waals surface area contributed by atoms with Gasteiger partial charge in [-0.1, -0.05) is 19.9 Å². The molecule has 0 atom stereocenters. The maximum Gasteiger partial charge on any atom is 0.0728 e. The van der Waals surface area contributed by atoms with Gasteiger partial charge >= 0.3 is 0 Å². The molecule has 1 aromatic heterocycles. The van der Waals surface area contributed by atoms with Crippen LogP contribution in [0.4, 0.5) is 5.69 Å². The maximum atomic E-state index is 4.83. The first-order chi connectivity index (χ1) is 9.81. The van der Waals surface area contributed by atoms with Crippen LogP contribution in [0.1, 0.15) is 44.4 Å². The second kappa shape index (κ2) is 5.82. The first-order valence-electron chi connectivity index (χ1n) is 7.99. The van der Waals surface area contributed by atoms with Crippen LogP contribution < -0.4 is 4.90 Å². The number of fused-ring (bicyclic) bond motifs is 1. The van der Waals surface area contributed by atoms with Crippen molar-refractivity contribution in [3.05, 3.63) is 35.5 Å². The van der Waals surface area contributed by atoms with Gasteiger partial charge in [-0.25, -0.2) is 0 Å². The van der Waals surface area contributed by atoms with Gasteiger partial charge in [0.1, 0.15) is 0 Å². The quantitative estimate of drug-likeness (QED) is 0.822. The smallest absolute Gasteiger partial charge is 0.0728 e. The van der Waals surface area contributed by atoms with Gasteiger partial charge in [0.05, 0.1) is 5.52 Å². The summed E-state index contributed by atoms with van der Waals surface area (Å²) in [6.45, 7) is 6.80.